The molecule has 0 bridgehead atoms. The van der Waals surface area contributed by atoms with E-state index in [0.717, 1.165) is 12.8 Å². The first-order valence-electron chi connectivity index (χ1n) is 10.6. The molecule has 7 heteroatoms. The number of phosphoric ester groups is 1. The van der Waals surface area contributed by atoms with E-state index < -0.39 is 26.1 Å². The van der Waals surface area contributed by atoms with E-state index in [-0.39, 0.29) is 6.61 Å². The molecule has 0 aromatic rings. The van der Waals surface area contributed by atoms with Crippen LogP contribution in [0.25, 0.3) is 0 Å². The topological polar surface area (TPSA) is 102 Å². The number of rotatable bonds is 15. The first-order chi connectivity index (χ1) is 12.5. The molecular formula is C19H40NO5P. The van der Waals surface area contributed by atoms with Gasteiger partial charge in [0.1, 0.15) is 6.10 Å². The van der Waals surface area contributed by atoms with Gasteiger partial charge in [0.25, 0.3) is 0 Å². The standard InChI is InChI=1S/C19H40NO5P/c1-2-3-4-5-6-7-8-9-10-11-12-13-14-15-18(21)19-17(20)16-24-26(22,23)25-19/h17-19,21H,2-16,20H2,1H3,(H,22,23)/t17?,18?,19-/m0/s1. The first kappa shape index (κ1) is 24.1. The van der Waals surface area contributed by atoms with Crippen LogP contribution in [0.4, 0.5) is 0 Å². The fraction of sp³-hybridized carbons (Fsp3) is 1.00. The predicted octanol–water partition coefficient (Wildman–Crippen LogP) is 4.67. The molecule has 26 heavy (non-hydrogen) atoms. The smallest absolute Gasteiger partial charge is 0.390 e. The lowest BCUT2D eigenvalue weighted by Gasteiger charge is -2.33. The van der Waals surface area contributed by atoms with Gasteiger partial charge < -0.3 is 15.7 Å². The summed E-state index contributed by atoms with van der Waals surface area (Å²) in [4.78, 5) is 9.34. The van der Waals surface area contributed by atoms with Gasteiger partial charge in [0.2, 0.25) is 0 Å². The van der Waals surface area contributed by atoms with Gasteiger partial charge in [0.05, 0.1) is 18.8 Å². The van der Waals surface area contributed by atoms with Crippen molar-refractivity contribution in [3.63, 3.8) is 0 Å². The van der Waals surface area contributed by atoms with Gasteiger partial charge in [-0.05, 0) is 6.42 Å². The maximum atomic E-state index is 11.4. The van der Waals surface area contributed by atoms with Crippen molar-refractivity contribution in [1.29, 1.82) is 0 Å². The van der Waals surface area contributed by atoms with Crippen molar-refractivity contribution in [3.05, 3.63) is 0 Å². The van der Waals surface area contributed by atoms with Crippen molar-refractivity contribution in [2.45, 2.75) is 115 Å². The number of hydrogen-bond donors (Lipinski definition) is 3. The Morgan fingerprint density at radius 2 is 1.42 bits per heavy atom. The number of aliphatic hydroxyl groups excluding tert-OH is 1. The van der Waals surface area contributed by atoms with Crippen LogP contribution in [-0.4, -0.2) is 34.9 Å². The molecule has 0 radical (unpaired) electrons. The third-order valence-corrected chi connectivity index (χ3v) is 6.07. The largest absolute Gasteiger partial charge is 0.472 e. The van der Waals surface area contributed by atoms with Gasteiger partial charge in [-0.25, -0.2) is 4.57 Å². The third kappa shape index (κ3) is 11.0. The minimum atomic E-state index is -4.05. The molecule has 1 aliphatic heterocycles. The minimum Gasteiger partial charge on any atom is -0.390 e. The van der Waals surface area contributed by atoms with Crippen LogP contribution in [0.3, 0.4) is 0 Å². The Labute approximate surface area is 159 Å². The van der Waals surface area contributed by atoms with E-state index >= 15 is 0 Å². The maximum absolute atomic E-state index is 11.4. The molecule has 0 aromatic carbocycles. The van der Waals surface area contributed by atoms with Crippen LogP contribution in [0.15, 0.2) is 0 Å². The van der Waals surface area contributed by atoms with Crippen molar-refractivity contribution in [1.82, 2.24) is 0 Å². The molecule has 0 amide bonds. The average Bonchev–Trinajstić information content (AvgIpc) is 2.61. The molecule has 4 atom stereocenters. The van der Waals surface area contributed by atoms with Crippen molar-refractivity contribution in [2.24, 2.45) is 5.73 Å². The van der Waals surface area contributed by atoms with E-state index in [2.05, 4.69) is 11.4 Å². The van der Waals surface area contributed by atoms with Crippen LogP contribution in [-0.2, 0) is 13.6 Å². The maximum Gasteiger partial charge on any atom is 0.472 e. The molecule has 0 aromatic heterocycles. The fourth-order valence-corrected chi connectivity index (χ4v) is 4.45. The van der Waals surface area contributed by atoms with Crippen LogP contribution < -0.4 is 5.73 Å². The van der Waals surface area contributed by atoms with Crippen LogP contribution in [0.5, 0.6) is 0 Å². The second kappa shape index (κ2) is 14.1. The zero-order valence-corrected chi connectivity index (χ0v) is 17.4. The summed E-state index contributed by atoms with van der Waals surface area (Å²) in [6.45, 7) is 2.19. The average molecular weight is 394 g/mol. The summed E-state index contributed by atoms with van der Waals surface area (Å²) in [6, 6.07) is -0.568. The molecule has 1 heterocycles. The Hall–Kier alpha value is 0.0300. The first-order valence-corrected chi connectivity index (χ1v) is 12.0. The Morgan fingerprint density at radius 1 is 0.962 bits per heavy atom. The van der Waals surface area contributed by atoms with Gasteiger partial charge in [-0.1, -0.05) is 90.4 Å². The second-order valence-electron chi connectivity index (χ2n) is 7.60. The Balaban J connectivity index is 1.93. The molecule has 4 N–H and O–H groups in total. The van der Waals surface area contributed by atoms with Gasteiger partial charge >= 0.3 is 7.82 Å². The van der Waals surface area contributed by atoms with E-state index in [4.69, 9.17) is 10.3 Å². The van der Waals surface area contributed by atoms with Crippen molar-refractivity contribution in [2.75, 3.05) is 6.61 Å². The van der Waals surface area contributed by atoms with E-state index in [1.165, 1.54) is 70.6 Å². The highest BCUT2D eigenvalue weighted by atomic mass is 31.2. The minimum absolute atomic E-state index is 0.0614. The number of unbranched alkanes of at least 4 members (excludes halogenated alkanes) is 12. The highest BCUT2D eigenvalue weighted by molar-refractivity contribution is 7.47. The van der Waals surface area contributed by atoms with Crippen LogP contribution in [0.1, 0.15) is 96.8 Å². The van der Waals surface area contributed by atoms with Crippen molar-refractivity contribution in [3.8, 4) is 0 Å². The summed E-state index contributed by atoms with van der Waals surface area (Å²) in [5.41, 5.74) is 5.80. The molecule has 1 aliphatic rings. The molecule has 1 rings (SSSR count). The molecule has 3 unspecified atom stereocenters. The normalized spacial score (nSPS) is 27.5. The second-order valence-corrected chi connectivity index (χ2v) is 9.00. The lowest BCUT2D eigenvalue weighted by Crippen LogP contribution is -2.49. The van der Waals surface area contributed by atoms with Crippen LogP contribution in [0.2, 0.25) is 0 Å². The number of phosphoric acid groups is 1. The van der Waals surface area contributed by atoms with E-state index in [9.17, 15) is 14.6 Å². The highest BCUT2D eigenvalue weighted by Gasteiger charge is 2.40. The monoisotopic (exact) mass is 393 g/mol. The quantitative estimate of drug-likeness (QED) is 0.276. The predicted molar refractivity (Wildman–Crippen MR) is 105 cm³/mol. The van der Waals surface area contributed by atoms with Crippen LogP contribution in [0, 0.1) is 0 Å². The highest BCUT2D eigenvalue weighted by Crippen LogP contribution is 2.48. The number of aliphatic hydroxyl groups is 1. The van der Waals surface area contributed by atoms with Gasteiger partial charge in [0, 0.05) is 0 Å². The molecule has 0 aliphatic carbocycles. The van der Waals surface area contributed by atoms with Gasteiger partial charge in [-0.3, -0.25) is 9.05 Å². The molecule has 6 nitrogen and oxygen atoms in total. The summed E-state index contributed by atoms with van der Waals surface area (Å²) in [6.07, 6.45) is 15.4. The summed E-state index contributed by atoms with van der Waals surface area (Å²) in [5.74, 6) is 0. The molecular weight excluding hydrogens is 353 g/mol. The third-order valence-electron chi connectivity index (χ3n) is 5.09. The Bertz CT molecular complexity index is 396. The molecule has 1 fully saturated rings. The lowest BCUT2D eigenvalue weighted by atomic mass is 10.00. The van der Waals surface area contributed by atoms with Gasteiger partial charge in [-0.2, -0.15) is 0 Å². The zero-order valence-electron chi connectivity index (χ0n) is 16.5. The van der Waals surface area contributed by atoms with Crippen molar-refractivity contribution >= 4 is 7.82 Å². The molecule has 0 spiro atoms. The Kier molecular flexibility index (Phi) is 13.0. The Morgan fingerprint density at radius 3 is 1.92 bits per heavy atom. The van der Waals surface area contributed by atoms with E-state index in [1.807, 2.05) is 0 Å². The number of nitrogens with two attached hydrogens (primary N) is 1. The molecule has 156 valence electrons. The summed E-state index contributed by atoms with van der Waals surface area (Å²) in [7, 11) is -4.05. The number of hydrogen-bond acceptors (Lipinski definition) is 5. The molecule has 1 saturated heterocycles. The van der Waals surface area contributed by atoms with Gasteiger partial charge in [-0.15, -0.1) is 0 Å². The van der Waals surface area contributed by atoms with E-state index in [1.54, 1.807) is 0 Å². The summed E-state index contributed by atoms with van der Waals surface area (Å²) < 4.78 is 21.0. The zero-order chi connectivity index (χ0) is 19.3. The summed E-state index contributed by atoms with van der Waals surface area (Å²) >= 11 is 0. The summed E-state index contributed by atoms with van der Waals surface area (Å²) in [5, 5.41) is 10.2. The van der Waals surface area contributed by atoms with Crippen LogP contribution >= 0.6 is 7.82 Å². The fourth-order valence-electron chi connectivity index (χ4n) is 3.43. The van der Waals surface area contributed by atoms with E-state index in [0.29, 0.717) is 6.42 Å². The van der Waals surface area contributed by atoms with Gasteiger partial charge in [0.15, 0.2) is 0 Å². The SMILES string of the molecule is CCCCCCCCCCCCCCCC(O)[C@H]1OP(=O)(O)OCC1N. The van der Waals surface area contributed by atoms with Crippen molar-refractivity contribution < 1.29 is 23.6 Å². The molecule has 0 saturated carbocycles. The lowest BCUT2D eigenvalue weighted by molar-refractivity contribution is -0.0429.